The molecule has 1 atom stereocenters. The quantitative estimate of drug-likeness (QED) is 0.826. The minimum Gasteiger partial charge on any atom is -0.311 e. The summed E-state index contributed by atoms with van der Waals surface area (Å²) in [6, 6.07) is 7.97. The second kappa shape index (κ2) is 8.50. The molecule has 21 heavy (non-hydrogen) atoms. The van der Waals surface area contributed by atoms with E-state index in [9.17, 15) is 4.39 Å². The fourth-order valence-corrected chi connectivity index (χ4v) is 3.18. The summed E-state index contributed by atoms with van der Waals surface area (Å²) in [6.07, 6.45) is 5.96. The number of nitrogens with zero attached hydrogens (tertiary/aromatic N) is 1. The third-order valence-electron chi connectivity index (χ3n) is 4.37. The predicted octanol–water partition coefficient (Wildman–Crippen LogP) is 3.61. The summed E-state index contributed by atoms with van der Waals surface area (Å²) in [6.45, 7) is 8.13. The summed E-state index contributed by atoms with van der Waals surface area (Å²) in [5.74, 6) is -0.135. The van der Waals surface area contributed by atoms with Gasteiger partial charge in [-0.1, -0.05) is 25.5 Å². The average Bonchev–Trinajstić information content (AvgIpc) is 2.46. The second-order valence-electron chi connectivity index (χ2n) is 6.37. The summed E-state index contributed by atoms with van der Waals surface area (Å²) in [5.41, 5.74) is 1.08. The predicted molar refractivity (Wildman–Crippen MR) is 87.1 cm³/mol. The fraction of sp³-hybridized carbons (Fsp3) is 0.667. The Morgan fingerprint density at radius 3 is 2.76 bits per heavy atom. The lowest BCUT2D eigenvalue weighted by Crippen LogP contribution is -2.46. The fourth-order valence-electron chi connectivity index (χ4n) is 3.18. The van der Waals surface area contributed by atoms with E-state index in [4.69, 9.17) is 0 Å². The van der Waals surface area contributed by atoms with E-state index in [2.05, 4.69) is 24.1 Å². The molecule has 0 aliphatic carbocycles. The highest BCUT2D eigenvalue weighted by Crippen LogP contribution is 2.13. The van der Waals surface area contributed by atoms with Gasteiger partial charge in [0, 0.05) is 12.1 Å². The first-order valence-corrected chi connectivity index (χ1v) is 8.40. The molecule has 3 heteroatoms. The lowest BCUT2D eigenvalue weighted by atomic mass is 10.0. The van der Waals surface area contributed by atoms with E-state index in [0.717, 1.165) is 12.0 Å². The molecule has 1 aromatic rings. The Bertz CT molecular complexity index is 413. The summed E-state index contributed by atoms with van der Waals surface area (Å²) in [4.78, 5) is 2.58. The molecule has 0 bridgehead atoms. The molecule has 1 aliphatic rings. The second-order valence-corrected chi connectivity index (χ2v) is 6.37. The van der Waals surface area contributed by atoms with Crippen LogP contribution in [0.5, 0.6) is 0 Å². The number of nitrogens with one attached hydrogen (secondary N) is 1. The van der Waals surface area contributed by atoms with E-state index in [0.29, 0.717) is 12.1 Å². The maximum Gasteiger partial charge on any atom is 0.123 e. The number of halogens is 1. The van der Waals surface area contributed by atoms with E-state index in [1.165, 1.54) is 51.4 Å². The van der Waals surface area contributed by atoms with Crippen molar-refractivity contribution >= 4 is 0 Å². The topological polar surface area (TPSA) is 15.3 Å². The van der Waals surface area contributed by atoms with Crippen molar-refractivity contribution in [1.82, 2.24) is 10.2 Å². The standard InChI is InChI=1S/C18H29FN2/c1-3-4-10-21-11-8-18(9-12-21)20-15(2)13-16-6-5-7-17(19)14-16/h5-7,14-15,18,20H,3-4,8-13H2,1-2H3. The number of unbranched alkanes of at least 4 members (excludes halogenated alkanes) is 1. The monoisotopic (exact) mass is 292 g/mol. The lowest BCUT2D eigenvalue weighted by Gasteiger charge is -2.34. The van der Waals surface area contributed by atoms with Gasteiger partial charge in [-0.15, -0.1) is 0 Å². The highest BCUT2D eigenvalue weighted by molar-refractivity contribution is 5.17. The van der Waals surface area contributed by atoms with Crippen molar-refractivity contribution in [3.8, 4) is 0 Å². The van der Waals surface area contributed by atoms with Gasteiger partial charge in [0.15, 0.2) is 0 Å². The SMILES string of the molecule is CCCCN1CCC(NC(C)Cc2cccc(F)c2)CC1. The van der Waals surface area contributed by atoms with Gasteiger partial charge in [0.05, 0.1) is 0 Å². The highest BCUT2D eigenvalue weighted by Gasteiger charge is 2.19. The van der Waals surface area contributed by atoms with Crippen molar-refractivity contribution in [1.29, 1.82) is 0 Å². The molecule has 0 saturated carbocycles. The first-order chi connectivity index (χ1) is 10.2. The van der Waals surface area contributed by atoms with Crippen LogP contribution >= 0.6 is 0 Å². The van der Waals surface area contributed by atoms with Crippen LogP contribution in [0.3, 0.4) is 0 Å². The van der Waals surface area contributed by atoms with Gasteiger partial charge in [-0.05, 0) is 69.9 Å². The van der Waals surface area contributed by atoms with Crippen LogP contribution in [-0.2, 0) is 6.42 Å². The Morgan fingerprint density at radius 2 is 2.10 bits per heavy atom. The van der Waals surface area contributed by atoms with Crippen molar-refractivity contribution in [2.45, 2.75) is 58.0 Å². The molecule has 1 saturated heterocycles. The Hall–Kier alpha value is -0.930. The summed E-state index contributed by atoms with van der Waals surface area (Å²) in [7, 11) is 0. The van der Waals surface area contributed by atoms with Crippen LogP contribution in [0.25, 0.3) is 0 Å². The van der Waals surface area contributed by atoms with Crippen LogP contribution in [0.2, 0.25) is 0 Å². The Labute approximate surface area is 128 Å². The molecule has 1 N–H and O–H groups in total. The molecule has 1 unspecified atom stereocenters. The Morgan fingerprint density at radius 1 is 1.33 bits per heavy atom. The van der Waals surface area contributed by atoms with Crippen molar-refractivity contribution in [2.75, 3.05) is 19.6 Å². The van der Waals surface area contributed by atoms with E-state index >= 15 is 0 Å². The van der Waals surface area contributed by atoms with Crippen molar-refractivity contribution in [3.05, 3.63) is 35.6 Å². The Balaban J connectivity index is 1.70. The van der Waals surface area contributed by atoms with E-state index in [1.807, 2.05) is 6.07 Å². The first-order valence-electron chi connectivity index (χ1n) is 8.40. The molecule has 0 amide bonds. The molecule has 118 valence electrons. The van der Waals surface area contributed by atoms with E-state index in [-0.39, 0.29) is 5.82 Å². The van der Waals surface area contributed by atoms with Gasteiger partial charge < -0.3 is 10.2 Å². The van der Waals surface area contributed by atoms with Crippen LogP contribution in [0.4, 0.5) is 4.39 Å². The Kier molecular flexibility index (Phi) is 6.65. The first kappa shape index (κ1) is 16.4. The molecule has 2 nitrogen and oxygen atoms in total. The molecule has 1 heterocycles. The normalized spacial score (nSPS) is 18.8. The lowest BCUT2D eigenvalue weighted by molar-refractivity contribution is 0.190. The third kappa shape index (κ3) is 5.76. The summed E-state index contributed by atoms with van der Waals surface area (Å²) >= 11 is 0. The zero-order chi connectivity index (χ0) is 15.1. The number of rotatable bonds is 7. The molecular formula is C18H29FN2. The van der Waals surface area contributed by atoms with Crippen molar-refractivity contribution in [3.63, 3.8) is 0 Å². The van der Waals surface area contributed by atoms with Crippen molar-refractivity contribution in [2.24, 2.45) is 0 Å². The average molecular weight is 292 g/mol. The van der Waals surface area contributed by atoms with Crippen molar-refractivity contribution < 1.29 is 4.39 Å². The van der Waals surface area contributed by atoms with E-state index in [1.54, 1.807) is 12.1 Å². The van der Waals surface area contributed by atoms with Gasteiger partial charge >= 0.3 is 0 Å². The maximum absolute atomic E-state index is 13.2. The third-order valence-corrected chi connectivity index (χ3v) is 4.37. The van der Waals surface area contributed by atoms with Gasteiger partial charge in [0.25, 0.3) is 0 Å². The number of benzene rings is 1. The number of piperidine rings is 1. The largest absolute Gasteiger partial charge is 0.311 e. The molecule has 1 aromatic carbocycles. The number of hydrogen-bond acceptors (Lipinski definition) is 2. The van der Waals surface area contributed by atoms with Gasteiger partial charge in [0.2, 0.25) is 0 Å². The molecular weight excluding hydrogens is 263 g/mol. The van der Waals surface area contributed by atoms with E-state index < -0.39 is 0 Å². The van der Waals surface area contributed by atoms with Gasteiger partial charge in [-0.25, -0.2) is 4.39 Å². The molecule has 0 radical (unpaired) electrons. The molecule has 2 rings (SSSR count). The van der Waals surface area contributed by atoms with Crippen LogP contribution in [0.1, 0.15) is 45.1 Å². The minimum atomic E-state index is -0.135. The zero-order valence-corrected chi connectivity index (χ0v) is 13.4. The van der Waals surface area contributed by atoms with Gasteiger partial charge in [-0.2, -0.15) is 0 Å². The summed E-state index contributed by atoms with van der Waals surface area (Å²) < 4.78 is 13.2. The number of likely N-dealkylation sites (tertiary alicyclic amines) is 1. The zero-order valence-electron chi connectivity index (χ0n) is 13.4. The van der Waals surface area contributed by atoms with Crippen LogP contribution in [0, 0.1) is 5.82 Å². The molecule has 1 aliphatic heterocycles. The van der Waals surface area contributed by atoms with Crippen LogP contribution < -0.4 is 5.32 Å². The van der Waals surface area contributed by atoms with Crippen LogP contribution in [-0.4, -0.2) is 36.6 Å². The molecule has 0 aromatic heterocycles. The van der Waals surface area contributed by atoms with Gasteiger partial charge in [-0.3, -0.25) is 0 Å². The van der Waals surface area contributed by atoms with Gasteiger partial charge in [0.1, 0.15) is 5.82 Å². The maximum atomic E-state index is 13.2. The van der Waals surface area contributed by atoms with Crippen LogP contribution in [0.15, 0.2) is 24.3 Å². The smallest absolute Gasteiger partial charge is 0.123 e. The molecule has 1 fully saturated rings. The highest BCUT2D eigenvalue weighted by atomic mass is 19.1. The molecule has 0 spiro atoms. The number of hydrogen-bond donors (Lipinski definition) is 1. The summed E-state index contributed by atoms with van der Waals surface area (Å²) in [5, 5.41) is 3.71. The minimum absolute atomic E-state index is 0.135.